The predicted molar refractivity (Wildman–Crippen MR) is 96.7 cm³/mol. The van der Waals surface area contributed by atoms with Gasteiger partial charge in [0.05, 0.1) is 11.8 Å². The number of aromatic nitrogens is 5. The highest BCUT2D eigenvalue weighted by Crippen LogP contribution is 2.39. The van der Waals surface area contributed by atoms with Crippen molar-refractivity contribution >= 4 is 15.7 Å². The van der Waals surface area contributed by atoms with E-state index in [4.69, 9.17) is 0 Å². The van der Waals surface area contributed by atoms with Gasteiger partial charge in [0, 0.05) is 26.3 Å². The van der Waals surface area contributed by atoms with E-state index >= 15 is 0 Å². The molecule has 0 saturated carbocycles. The molecule has 0 atom stereocenters. The van der Waals surface area contributed by atoms with E-state index in [2.05, 4.69) is 15.1 Å². The van der Waals surface area contributed by atoms with Gasteiger partial charge in [0.2, 0.25) is 0 Å². The number of halogens is 3. The van der Waals surface area contributed by atoms with Crippen molar-refractivity contribution in [2.75, 3.05) is 13.1 Å². The summed E-state index contributed by atoms with van der Waals surface area (Å²) in [5, 5.41) is 4.00. The molecule has 29 heavy (non-hydrogen) atoms. The first kappa shape index (κ1) is 19.8. The summed E-state index contributed by atoms with van der Waals surface area (Å²) in [6.45, 7) is 1.96. The summed E-state index contributed by atoms with van der Waals surface area (Å²) in [5.74, 6) is 0.134. The monoisotopic (exact) mass is 428 g/mol. The van der Waals surface area contributed by atoms with Crippen molar-refractivity contribution in [1.82, 2.24) is 28.5 Å². The van der Waals surface area contributed by atoms with E-state index in [1.807, 2.05) is 0 Å². The SMILES string of the molecule is Cc1ncc(S(=O)(=O)N2CCC(c3cn4ncnc4cc3C(F)(F)F)CC2)n1C. The van der Waals surface area contributed by atoms with Gasteiger partial charge < -0.3 is 4.57 Å². The summed E-state index contributed by atoms with van der Waals surface area (Å²) >= 11 is 0. The van der Waals surface area contributed by atoms with Gasteiger partial charge in [0.25, 0.3) is 10.0 Å². The number of rotatable bonds is 3. The van der Waals surface area contributed by atoms with E-state index in [0.717, 1.165) is 6.07 Å². The van der Waals surface area contributed by atoms with Crippen LogP contribution in [0.3, 0.4) is 0 Å². The van der Waals surface area contributed by atoms with Crippen molar-refractivity contribution in [1.29, 1.82) is 0 Å². The van der Waals surface area contributed by atoms with Crippen LogP contribution in [0.15, 0.2) is 29.8 Å². The van der Waals surface area contributed by atoms with E-state index in [9.17, 15) is 21.6 Å². The van der Waals surface area contributed by atoms with Crippen molar-refractivity contribution in [2.24, 2.45) is 7.05 Å². The second-order valence-corrected chi connectivity index (χ2v) is 8.97. The van der Waals surface area contributed by atoms with E-state index in [0.29, 0.717) is 5.82 Å². The largest absolute Gasteiger partial charge is 0.416 e. The van der Waals surface area contributed by atoms with Crippen LogP contribution in [0.5, 0.6) is 0 Å². The second-order valence-electron chi connectivity index (χ2n) is 7.08. The first-order valence-corrected chi connectivity index (χ1v) is 10.4. The molecule has 1 saturated heterocycles. The molecule has 12 heteroatoms. The maximum Gasteiger partial charge on any atom is 0.416 e. The number of alkyl halides is 3. The molecular formula is C17H19F3N6O2S. The summed E-state index contributed by atoms with van der Waals surface area (Å²) in [5.41, 5.74) is -0.516. The number of nitrogens with zero attached hydrogens (tertiary/aromatic N) is 6. The smallest absolute Gasteiger partial charge is 0.321 e. The van der Waals surface area contributed by atoms with Gasteiger partial charge in [-0.25, -0.2) is 22.9 Å². The van der Waals surface area contributed by atoms with E-state index in [1.165, 1.54) is 32.1 Å². The van der Waals surface area contributed by atoms with Gasteiger partial charge in [-0.3, -0.25) is 0 Å². The molecule has 3 aromatic rings. The molecule has 0 unspecified atom stereocenters. The second kappa shape index (κ2) is 6.80. The molecule has 4 heterocycles. The van der Waals surface area contributed by atoms with Gasteiger partial charge in [0.15, 0.2) is 10.7 Å². The normalized spacial score (nSPS) is 17.3. The zero-order valence-electron chi connectivity index (χ0n) is 15.8. The average molecular weight is 428 g/mol. The summed E-state index contributed by atoms with van der Waals surface area (Å²) in [6, 6.07) is 0.990. The molecule has 0 bridgehead atoms. The third-order valence-electron chi connectivity index (χ3n) is 5.43. The maximum atomic E-state index is 13.6. The lowest BCUT2D eigenvalue weighted by molar-refractivity contribution is -0.138. The van der Waals surface area contributed by atoms with Crippen LogP contribution in [0.1, 0.15) is 35.7 Å². The van der Waals surface area contributed by atoms with E-state index in [1.54, 1.807) is 14.0 Å². The summed E-state index contributed by atoms with van der Waals surface area (Å²) in [7, 11) is -2.14. The molecule has 8 nitrogen and oxygen atoms in total. The Morgan fingerprint density at radius 1 is 1.17 bits per heavy atom. The first-order valence-electron chi connectivity index (χ1n) is 8.98. The fourth-order valence-electron chi connectivity index (χ4n) is 3.71. The Hall–Kier alpha value is -2.47. The molecule has 0 spiro atoms. The van der Waals surface area contributed by atoms with Crippen LogP contribution < -0.4 is 0 Å². The average Bonchev–Trinajstić information content (AvgIpc) is 3.26. The highest BCUT2D eigenvalue weighted by molar-refractivity contribution is 7.89. The Bertz CT molecular complexity index is 1160. The highest BCUT2D eigenvalue weighted by atomic mass is 32.2. The summed E-state index contributed by atoms with van der Waals surface area (Å²) in [4.78, 5) is 7.84. The minimum Gasteiger partial charge on any atom is -0.321 e. The molecule has 0 aromatic carbocycles. The lowest BCUT2D eigenvalue weighted by Crippen LogP contribution is -2.39. The summed E-state index contributed by atoms with van der Waals surface area (Å²) < 4.78 is 70.7. The molecule has 0 aliphatic carbocycles. The lowest BCUT2D eigenvalue weighted by Gasteiger charge is -2.32. The van der Waals surface area contributed by atoms with Gasteiger partial charge in [-0.05, 0) is 37.3 Å². The number of pyridine rings is 1. The minimum absolute atomic E-state index is 0.0773. The number of imidazole rings is 1. The number of fused-ring (bicyclic) bond motifs is 1. The fourth-order valence-corrected chi connectivity index (χ4v) is 5.33. The molecule has 1 fully saturated rings. The Labute approximate surface area is 165 Å². The lowest BCUT2D eigenvalue weighted by atomic mass is 9.88. The third-order valence-corrected chi connectivity index (χ3v) is 7.38. The minimum atomic E-state index is -4.53. The van der Waals surface area contributed by atoms with Crippen LogP contribution in [-0.2, 0) is 23.2 Å². The zero-order valence-corrected chi connectivity index (χ0v) is 16.6. The summed E-state index contributed by atoms with van der Waals surface area (Å²) in [6.07, 6.45) is -0.122. The van der Waals surface area contributed by atoms with Crippen LogP contribution in [0.4, 0.5) is 13.2 Å². The Morgan fingerprint density at radius 3 is 2.45 bits per heavy atom. The predicted octanol–water partition coefficient (Wildman–Crippen LogP) is 2.36. The van der Waals surface area contributed by atoms with Gasteiger partial charge in [-0.15, -0.1) is 0 Å². The van der Waals surface area contributed by atoms with E-state index in [-0.39, 0.29) is 42.2 Å². The number of piperidine rings is 1. The van der Waals surface area contributed by atoms with Crippen molar-refractivity contribution in [3.05, 3.63) is 41.7 Å². The van der Waals surface area contributed by atoms with Gasteiger partial charge in [-0.2, -0.15) is 22.6 Å². The molecule has 156 valence electrons. The number of hydrogen-bond acceptors (Lipinski definition) is 5. The van der Waals surface area contributed by atoms with Gasteiger partial charge in [0.1, 0.15) is 12.2 Å². The molecule has 4 rings (SSSR count). The Morgan fingerprint density at radius 2 is 1.86 bits per heavy atom. The van der Waals surface area contributed by atoms with Crippen LogP contribution in [0.2, 0.25) is 0 Å². The molecular weight excluding hydrogens is 409 g/mol. The van der Waals surface area contributed by atoms with Gasteiger partial charge in [-0.1, -0.05) is 0 Å². The van der Waals surface area contributed by atoms with Crippen LogP contribution in [-0.4, -0.2) is 50.0 Å². The zero-order chi connectivity index (χ0) is 21.0. The third kappa shape index (κ3) is 3.39. The number of hydrogen-bond donors (Lipinski definition) is 0. The van der Waals surface area contributed by atoms with Gasteiger partial charge >= 0.3 is 6.18 Å². The van der Waals surface area contributed by atoms with Crippen molar-refractivity contribution in [2.45, 2.75) is 36.9 Å². The fraction of sp³-hybridized carbons (Fsp3) is 0.471. The molecule has 0 amide bonds. The van der Waals surface area contributed by atoms with Crippen LogP contribution >= 0.6 is 0 Å². The van der Waals surface area contributed by atoms with Crippen molar-refractivity contribution in [3.8, 4) is 0 Å². The number of sulfonamides is 1. The van der Waals surface area contributed by atoms with Crippen LogP contribution in [0.25, 0.3) is 5.65 Å². The molecule has 1 aliphatic heterocycles. The topological polar surface area (TPSA) is 85.4 Å². The standard InChI is InChI=1S/C17H19F3N6O2S/c1-11-21-8-16(24(11)2)29(27,28)25-5-3-12(4-6-25)13-9-26-15(22-10-23-26)7-14(13)17(18,19)20/h7-10,12H,3-6H2,1-2H3. The Balaban J connectivity index is 1.61. The Kier molecular flexibility index (Phi) is 4.65. The van der Waals surface area contributed by atoms with Crippen LogP contribution in [0, 0.1) is 6.92 Å². The molecule has 0 radical (unpaired) electrons. The molecule has 3 aromatic heterocycles. The highest BCUT2D eigenvalue weighted by Gasteiger charge is 2.38. The van der Waals surface area contributed by atoms with Crippen molar-refractivity contribution in [3.63, 3.8) is 0 Å². The molecule has 0 N–H and O–H groups in total. The van der Waals surface area contributed by atoms with Crippen molar-refractivity contribution < 1.29 is 21.6 Å². The maximum absolute atomic E-state index is 13.6. The number of aryl methyl sites for hydroxylation is 1. The quantitative estimate of drug-likeness (QED) is 0.639. The van der Waals surface area contributed by atoms with E-state index < -0.39 is 27.7 Å². The first-order chi connectivity index (χ1) is 13.6. The molecule has 1 aliphatic rings.